The van der Waals surface area contributed by atoms with Crippen LogP contribution in [0.2, 0.25) is 54.4 Å². The predicted molar refractivity (Wildman–Crippen MR) is 579 cm³/mol. The van der Waals surface area contributed by atoms with Crippen molar-refractivity contribution < 1.29 is 52.6 Å². The molecular formula is C110H162ClN15O13Si3. The molecule has 0 radical (unpaired) electrons. The third-order valence-electron chi connectivity index (χ3n) is 28.4. The van der Waals surface area contributed by atoms with E-state index in [0.717, 1.165) is 111 Å². The van der Waals surface area contributed by atoms with E-state index in [0.29, 0.717) is 135 Å². The zero-order chi connectivity index (χ0) is 105. The molecule has 3 aliphatic heterocycles. The van der Waals surface area contributed by atoms with Gasteiger partial charge in [0.2, 0.25) is 0 Å². The molecule has 0 spiro atoms. The van der Waals surface area contributed by atoms with Crippen molar-refractivity contribution in [2.75, 3.05) is 64.8 Å². The summed E-state index contributed by atoms with van der Waals surface area (Å²) in [5.74, 6) is -1.30. The Morgan fingerprint density at radius 1 is 0.415 bits per heavy atom. The minimum Gasteiger partial charge on any atom is -0.415 e. The van der Waals surface area contributed by atoms with Crippen molar-refractivity contribution in [1.29, 1.82) is 0 Å². The number of halogens is 1. The number of amides is 6. The maximum atomic E-state index is 14.6. The molecule has 0 saturated carbocycles. The molecular weight excluding hydrogens is 1860 g/mol. The first kappa shape index (κ1) is 116. The second-order valence-electron chi connectivity index (χ2n) is 42.2. The summed E-state index contributed by atoms with van der Waals surface area (Å²) in [6.07, 6.45) is 13.2. The molecule has 32 heteroatoms. The number of carbonyl (C=O) groups excluding carboxylic acids is 6. The van der Waals surface area contributed by atoms with Gasteiger partial charge in [-0.3, -0.25) is 49.0 Å². The van der Waals surface area contributed by atoms with E-state index in [4.69, 9.17) is 35.9 Å². The maximum Gasteiger partial charge on any atom is 0.274 e. The molecule has 6 heterocycles. The van der Waals surface area contributed by atoms with Gasteiger partial charge in [-0.05, 0) is 202 Å². The van der Waals surface area contributed by atoms with Gasteiger partial charge < -0.3 is 49.1 Å². The van der Waals surface area contributed by atoms with Crippen LogP contribution < -0.4 is 5.73 Å². The Balaban J connectivity index is 0.000000249. The molecule has 12 rings (SSSR count). The molecule has 774 valence electrons. The van der Waals surface area contributed by atoms with Crippen LogP contribution in [0, 0.1) is 41.0 Å². The standard InChI is InChI=1S/C36H51N5O5Si.C36H53N5O3Si.C30H37N5O5.C6H15ClSi.C2H6/c1-9-11-19-38(20-12-10-2)35(43)32-21-26(3)40(37-32)33-18-17-29(41(44)45)23-31(33)34(42)39-24-28-16-14-13-15-27(28)22-30(39)25-46-47(7,8)36(4,5)6;1-9-11-19-39(20-12-10-2)35(43)32-21-26(3)41(38-32)33-18-17-29(37)23-31(33)34(42)40-24-28-16-14-13-15-27(28)22-30(40)25-44-45(7,8)36(4,5)6;1-4-6-14-32(15-7-5-2)30(38)27-16-21(3)34(31-27)28-13-12-24(35(39)40)18-26(28)29(37)33-19-23-11-9-8-10-22(23)17-25(33)20-36;1-6(2,3)8(4,5)7;1-2/h13-18,21,23,30H,9-12,19-20,22,24-25H2,1-8H3;13-18,21,23,30H,9-12,19-20,22,24-25,37H2,1-8H3;8-13,16,18,25,36H,4-7,14-15,17,19-20H2,1-3H3;1-5H3;1-2H3/t2*30-;25-;;/m000../s1. The third-order valence-corrected chi connectivity index (χ3v) is 42.6. The number of nitrogens with two attached hydrogens (primary N) is 1. The smallest absolute Gasteiger partial charge is 0.274 e. The number of fused-ring (bicyclic) bond motifs is 3. The summed E-state index contributed by atoms with van der Waals surface area (Å²) in [7, 11) is -5.56. The van der Waals surface area contributed by atoms with Gasteiger partial charge in [-0.15, -0.1) is 0 Å². The fraction of sp³-hybridized carbons (Fsp3) is 0.536. The second kappa shape index (κ2) is 52.1. The molecule has 9 aromatic rings. The third kappa shape index (κ3) is 30.0. The van der Waals surface area contributed by atoms with E-state index < -0.39 is 45.8 Å². The van der Waals surface area contributed by atoms with E-state index in [1.807, 2.05) is 108 Å². The number of rotatable bonds is 36. The van der Waals surface area contributed by atoms with Crippen LogP contribution in [0.3, 0.4) is 0 Å². The number of aliphatic hydroxyl groups excluding tert-OH is 1. The lowest BCUT2D eigenvalue weighted by Gasteiger charge is -2.41. The number of nitro benzene ring substituents is 2. The van der Waals surface area contributed by atoms with E-state index >= 15 is 0 Å². The Morgan fingerprint density at radius 2 is 0.669 bits per heavy atom. The summed E-state index contributed by atoms with van der Waals surface area (Å²) < 4.78 is 18.1. The number of hydrogen-bond donors (Lipinski definition) is 2. The van der Waals surface area contributed by atoms with Gasteiger partial charge in [0.25, 0.3) is 46.8 Å². The summed E-state index contributed by atoms with van der Waals surface area (Å²) in [5.41, 5.74) is 18.1. The van der Waals surface area contributed by atoms with Crippen LogP contribution in [0.1, 0.15) is 308 Å². The fourth-order valence-corrected chi connectivity index (χ4v) is 18.4. The van der Waals surface area contributed by atoms with Crippen LogP contribution in [0.4, 0.5) is 17.1 Å². The quantitative estimate of drug-likeness (QED) is 0.0121. The lowest BCUT2D eigenvalue weighted by atomic mass is 9.93. The molecule has 28 nitrogen and oxygen atoms in total. The lowest BCUT2D eigenvalue weighted by molar-refractivity contribution is -0.385. The number of non-ortho nitro benzene ring substituents is 2. The van der Waals surface area contributed by atoms with E-state index in [-0.39, 0.29) is 93.0 Å². The van der Waals surface area contributed by atoms with E-state index in [1.165, 1.54) is 46.1 Å². The number of aromatic nitrogens is 6. The number of carbonyl (C=O) groups is 6. The second-order valence-corrected chi connectivity index (χ2v) is 59.1. The summed E-state index contributed by atoms with van der Waals surface area (Å²) in [4.78, 5) is 117. The number of anilines is 1. The highest BCUT2D eigenvalue weighted by Crippen LogP contribution is 2.42. The van der Waals surface area contributed by atoms with Crippen LogP contribution in [0.25, 0.3) is 17.1 Å². The van der Waals surface area contributed by atoms with Crippen molar-refractivity contribution in [2.24, 2.45) is 0 Å². The highest BCUT2D eigenvalue weighted by molar-refractivity contribution is 7.20. The van der Waals surface area contributed by atoms with Crippen LogP contribution >= 0.6 is 11.1 Å². The zero-order valence-corrected chi connectivity index (χ0v) is 93.5. The largest absolute Gasteiger partial charge is 0.415 e. The number of aliphatic hydroxyl groups is 1. The molecule has 6 amide bonds. The molecule has 0 aliphatic carbocycles. The zero-order valence-electron chi connectivity index (χ0n) is 89.7. The molecule has 3 aliphatic rings. The fourth-order valence-electron chi connectivity index (χ4n) is 16.3. The van der Waals surface area contributed by atoms with E-state index in [9.17, 15) is 54.1 Å². The average molecular weight is 2020 g/mol. The summed E-state index contributed by atoms with van der Waals surface area (Å²) in [6.45, 7) is 61.0. The average Bonchev–Trinajstić information content (AvgIpc) is 1.39. The van der Waals surface area contributed by atoms with Crippen LogP contribution in [-0.4, -0.2) is 210 Å². The number of nitrogens with zero attached hydrogens (tertiary/aromatic N) is 14. The number of hydrogen-bond acceptors (Lipinski definition) is 17. The molecule has 0 fully saturated rings. The van der Waals surface area contributed by atoms with Gasteiger partial charge in [-0.1, -0.05) is 242 Å². The van der Waals surface area contributed by atoms with Crippen molar-refractivity contribution in [3.05, 3.63) is 250 Å². The minimum atomic E-state index is -2.13. The number of aryl methyl sites for hydroxylation is 3. The van der Waals surface area contributed by atoms with Gasteiger partial charge >= 0.3 is 0 Å². The lowest BCUT2D eigenvalue weighted by Crippen LogP contribution is -2.50. The van der Waals surface area contributed by atoms with Gasteiger partial charge in [0.05, 0.1) is 81.5 Å². The predicted octanol–water partition coefficient (Wildman–Crippen LogP) is 24.1. The van der Waals surface area contributed by atoms with Crippen molar-refractivity contribution in [3.63, 3.8) is 0 Å². The molecule has 6 aromatic carbocycles. The first-order chi connectivity index (χ1) is 67.0. The van der Waals surface area contributed by atoms with Gasteiger partial charge in [-0.2, -0.15) is 26.4 Å². The Bertz CT molecular complexity index is 5730. The molecule has 0 unspecified atom stereocenters. The Hall–Kier alpha value is -10.8. The highest BCUT2D eigenvalue weighted by Gasteiger charge is 2.44. The molecule has 0 saturated heterocycles. The van der Waals surface area contributed by atoms with Gasteiger partial charge in [-0.25, -0.2) is 14.0 Å². The molecule has 3 aromatic heterocycles. The van der Waals surface area contributed by atoms with Crippen LogP contribution in [-0.2, 0) is 47.7 Å². The molecule has 142 heavy (non-hydrogen) atoms. The van der Waals surface area contributed by atoms with Crippen molar-refractivity contribution in [2.45, 2.75) is 327 Å². The number of nitrogen functional groups attached to an aromatic ring is 1. The first-order valence-corrected chi connectivity index (χ1v) is 61.1. The van der Waals surface area contributed by atoms with Crippen molar-refractivity contribution in [1.82, 2.24) is 58.7 Å². The molecule has 3 atom stereocenters. The highest BCUT2D eigenvalue weighted by atomic mass is 35.6. The van der Waals surface area contributed by atoms with Crippen molar-refractivity contribution in [3.8, 4) is 17.1 Å². The molecule has 0 bridgehead atoms. The maximum absolute atomic E-state index is 14.6. The summed E-state index contributed by atoms with van der Waals surface area (Å²) >= 11 is 6.15. The number of benzene rings is 6. The Morgan fingerprint density at radius 3 is 0.923 bits per heavy atom. The Labute approximate surface area is 852 Å². The van der Waals surface area contributed by atoms with Gasteiger partial charge in [0.15, 0.2) is 41.1 Å². The van der Waals surface area contributed by atoms with E-state index in [1.54, 1.807) is 56.4 Å². The van der Waals surface area contributed by atoms with Crippen molar-refractivity contribution >= 4 is 87.6 Å². The van der Waals surface area contributed by atoms with Crippen LogP contribution in [0.5, 0.6) is 0 Å². The van der Waals surface area contributed by atoms with E-state index in [2.05, 4.69) is 173 Å². The number of unbranched alkanes of at least 4 members (excludes halogenated alkanes) is 6. The summed E-state index contributed by atoms with van der Waals surface area (Å²) in [6, 6.07) is 42.2. The summed E-state index contributed by atoms with van der Waals surface area (Å²) in [5, 5.41) is 48.2. The Kier molecular flexibility index (Phi) is 42.7. The van der Waals surface area contributed by atoms with Crippen LogP contribution in [0.15, 0.2) is 146 Å². The minimum absolute atomic E-state index is 0.00293. The number of nitro groups is 2. The SMILES string of the molecule is CC.CC(C)(C)[Si](C)(C)Cl.CCCCN(CCCC)C(=O)c1cc(C)n(-c2ccc(N)cc2C(=O)N2Cc3ccccc3C[C@H]2CO[Si](C)(C)C(C)(C)C)n1.CCCCN(CCCC)C(=O)c1cc(C)n(-c2ccc([N+](=O)[O-])cc2C(=O)N2Cc3ccccc3C[C@H]2CO)n1.CCCCN(CCCC)C(=O)c1cc(C)n(-c2ccc([N+](=O)[O-])cc2C(=O)N2Cc3ccccc3C[C@H]2CO[Si](C)(C)C(C)(C)C)n1. The topological polar surface area (TPSA) is 326 Å². The monoisotopic (exact) mass is 2020 g/mol. The van der Waals surface area contributed by atoms with Gasteiger partial charge in [0, 0.05) is 106 Å². The van der Waals surface area contributed by atoms with Gasteiger partial charge in [0.1, 0.15) is 0 Å². The first-order valence-electron chi connectivity index (χ1n) is 51.2. The molecule has 3 N–H and O–H groups in total. The normalized spacial score (nSPS) is 14.7.